The Kier molecular flexibility index (Phi) is 9.35. The third-order valence-electron chi connectivity index (χ3n) is 9.70. The number of nitrogens with zero attached hydrogens (tertiary/aromatic N) is 2. The Morgan fingerprint density at radius 1 is 1.02 bits per heavy atom. The van der Waals surface area contributed by atoms with E-state index in [1.54, 1.807) is 13.0 Å². The summed E-state index contributed by atoms with van der Waals surface area (Å²) < 4.78 is 5.39. The van der Waals surface area contributed by atoms with Crippen molar-refractivity contribution < 1.29 is 28.8 Å². The normalized spacial score (nSPS) is 24.8. The zero-order valence-electron chi connectivity index (χ0n) is 28.2. The van der Waals surface area contributed by atoms with Crippen LogP contribution in [0.1, 0.15) is 66.9 Å². The van der Waals surface area contributed by atoms with E-state index >= 15 is 0 Å². The highest BCUT2D eigenvalue weighted by atomic mass is 16.5. The number of fused-ring (bicyclic) bond motifs is 1. The standard InChI is InChI=1S/C37H44N6O6/c1-6-21-16-26(21)39-33(45)27-18-24(38-34(46)29-20(2)49-42-30(29)22-12-8-7-9-13-22)19-43(27)36(48)41-32(37(3,4)5)35(47)40-31-25-15-11-10-14-23(25)17-28(31)44/h6-15,21,24,26-28,31-32,44H,1,16-19H2,2-5H3,(H,38,46)(H,39,45)(H,40,47)(H,41,48)/t21?,24-,26?,27+,28-,31?,32-/m1/s1. The van der Waals surface area contributed by atoms with Crippen LogP contribution in [0, 0.1) is 18.3 Å². The van der Waals surface area contributed by atoms with Crippen molar-refractivity contribution >= 4 is 23.8 Å². The first kappa shape index (κ1) is 33.9. The van der Waals surface area contributed by atoms with E-state index in [1.165, 1.54) is 4.90 Å². The number of hydrogen-bond donors (Lipinski definition) is 5. The van der Waals surface area contributed by atoms with Crippen LogP contribution in [-0.4, -0.2) is 75.7 Å². The molecule has 0 bridgehead atoms. The second-order valence-electron chi connectivity index (χ2n) is 14.4. The van der Waals surface area contributed by atoms with Crippen molar-refractivity contribution in [3.05, 3.63) is 89.7 Å². The number of benzene rings is 2. The van der Waals surface area contributed by atoms with Crippen LogP contribution in [0.5, 0.6) is 0 Å². The zero-order chi connectivity index (χ0) is 35.0. The van der Waals surface area contributed by atoms with Crippen LogP contribution >= 0.6 is 0 Å². The van der Waals surface area contributed by atoms with Gasteiger partial charge in [0.2, 0.25) is 11.8 Å². The highest BCUT2D eigenvalue weighted by molar-refractivity contribution is 6.01. The number of likely N-dealkylation sites (tertiary alicyclic amines) is 1. The molecule has 1 saturated heterocycles. The average Bonchev–Trinajstić information content (AvgIpc) is 3.33. The lowest BCUT2D eigenvalue weighted by atomic mass is 9.86. The predicted molar refractivity (Wildman–Crippen MR) is 182 cm³/mol. The number of amides is 5. The minimum atomic E-state index is -1.00. The molecule has 1 aliphatic heterocycles. The lowest BCUT2D eigenvalue weighted by Crippen LogP contribution is -2.59. The van der Waals surface area contributed by atoms with Gasteiger partial charge in [-0.25, -0.2) is 4.79 Å². The van der Waals surface area contributed by atoms with E-state index in [0.29, 0.717) is 17.9 Å². The smallest absolute Gasteiger partial charge is 0.318 e. The Bertz CT molecular complexity index is 1750. The average molecular weight is 669 g/mol. The van der Waals surface area contributed by atoms with Gasteiger partial charge in [-0.05, 0) is 42.2 Å². The molecule has 12 heteroatoms. The third-order valence-corrected chi connectivity index (χ3v) is 9.70. The monoisotopic (exact) mass is 668 g/mol. The molecule has 2 heterocycles. The van der Waals surface area contributed by atoms with E-state index in [1.807, 2.05) is 75.4 Å². The molecule has 5 N–H and O–H groups in total. The molecule has 3 unspecified atom stereocenters. The van der Waals surface area contributed by atoms with Gasteiger partial charge < -0.3 is 35.8 Å². The zero-order valence-corrected chi connectivity index (χ0v) is 28.2. The number of carbonyl (C=O) groups is 4. The maximum Gasteiger partial charge on any atom is 0.318 e. The minimum Gasteiger partial charge on any atom is -0.390 e. The van der Waals surface area contributed by atoms with Gasteiger partial charge in [0, 0.05) is 30.6 Å². The molecular weight excluding hydrogens is 624 g/mol. The summed E-state index contributed by atoms with van der Waals surface area (Å²) in [6.07, 6.45) is 2.35. The lowest BCUT2D eigenvalue weighted by Gasteiger charge is -2.34. The largest absolute Gasteiger partial charge is 0.390 e. The van der Waals surface area contributed by atoms with Gasteiger partial charge in [0.1, 0.15) is 29.1 Å². The van der Waals surface area contributed by atoms with Crippen LogP contribution in [0.25, 0.3) is 11.3 Å². The van der Waals surface area contributed by atoms with E-state index in [-0.39, 0.29) is 36.4 Å². The molecular formula is C37H44N6O6. The third kappa shape index (κ3) is 7.10. The molecule has 0 radical (unpaired) electrons. The Hall–Kier alpha value is -4.97. The number of aliphatic hydroxyl groups excluding tert-OH is 1. The molecule has 6 rings (SSSR count). The van der Waals surface area contributed by atoms with E-state index in [9.17, 15) is 24.3 Å². The fraction of sp³-hybridized carbons (Fsp3) is 0.432. The van der Waals surface area contributed by atoms with Crippen molar-refractivity contribution in [2.75, 3.05) is 6.54 Å². The fourth-order valence-corrected chi connectivity index (χ4v) is 6.89. The number of aryl methyl sites for hydroxylation is 1. The first-order valence-corrected chi connectivity index (χ1v) is 16.7. The second kappa shape index (κ2) is 13.5. The number of urea groups is 1. The lowest BCUT2D eigenvalue weighted by molar-refractivity contribution is -0.126. The van der Waals surface area contributed by atoms with Crippen molar-refractivity contribution in [3.63, 3.8) is 0 Å². The van der Waals surface area contributed by atoms with Crippen LogP contribution < -0.4 is 21.3 Å². The van der Waals surface area contributed by atoms with E-state index in [0.717, 1.165) is 23.1 Å². The van der Waals surface area contributed by atoms with Crippen molar-refractivity contribution in [2.24, 2.45) is 11.3 Å². The Morgan fingerprint density at radius 2 is 1.73 bits per heavy atom. The summed E-state index contributed by atoms with van der Waals surface area (Å²) in [5, 5.41) is 26.7. The summed E-state index contributed by atoms with van der Waals surface area (Å²) in [6.45, 7) is 11.0. The predicted octanol–water partition coefficient (Wildman–Crippen LogP) is 3.41. The van der Waals surface area contributed by atoms with Gasteiger partial charge in [-0.2, -0.15) is 0 Å². The first-order valence-electron chi connectivity index (χ1n) is 16.7. The number of nitrogens with one attached hydrogen (secondary N) is 4. The van der Waals surface area contributed by atoms with Crippen molar-refractivity contribution in [1.82, 2.24) is 31.3 Å². The highest BCUT2D eigenvalue weighted by Crippen LogP contribution is 2.34. The number of carbonyl (C=O) groups excluding carboxylic acids is 4. The van der Waals surface area contributed by atoms with Gasteiger partial charge >= 0.3 is 6.03 Å². The van der Waals surface area contributed by atoms with Crippen molar-refractivity contribution in [1.29, 1.82) is 0 Å². The van der Waals surface area contributed by atoms with Crippen LogP contribution in [0.15, 0.2) is 71.8 Å². The number of aliphatic hydroxyl groups is 1. The van der Waals surface area contributed by atoms with Gasteiger partial charge in [-0.15, -0.1) is 6.58 Å². The molecule has 49 heavy (non-hydrogen) atoms. The molecule has 5 amide bonds. The Balaban J connectivity index is 1.20. The van der Waals surface area contributed by atoms with E-state index in [2.05, 4.69) is 33.0 Å². The molecule has 258 valence electrons. The summed E-state index contributed by atoms with van der Waals surface area (Å²) in [7, 11) is 0. The van der Waals surface area contributed by atoms with Crippen LogP contribution in [0.4, 0.5) is 4.79 Å². The van der Waals surface area contributed by atoms with Crippen LogP contribution in [-0.2, 0) is 16.0 Å². The topological polar surface area (TPSA) is 166 Å². The summed E-state index contributed by atoms with van der Waals surface area (Å²) in [6, 6.07) is 13.0. The van der Waals surface area contributed by atoms with Gasteiger partial charge in [0.15, 0.2) is 0 Å². The van der Waals surface area contributed by atoms with E-state index < -0.39 is 53.5 Å². The maximum atomic E-state index is 14.0. The summed E-state index contributed by atoms with van der Waals surface area (Å²) in [4.78, 5) is 56.5. The number of hydrogen-bond acceptors (Lipinski definition) is 7. The Labute approximate surface area is 285 Å². The van der Waals surface area contributed by atoms with Gasteiger partial charge in [-0.1, -0.05) is 86.6 Å². The molecule has 1 aromatic heterocycles. The molecule has 2 aliphatic carbocycles. The van der Waals surface area contributed by atoms with Gasteiger partial charge in [0.25, 0.3) is 5.91 Å². The molecule has 3 aromatic rings. The van der Waals surface area contributed by atoms with Crippen LogP contribution in [0.2, 0.25) is 0 Å². The Morgan fingerprint density at radius 3 is 2.43 bits per heavy atom. The molecule has 12 nitrogen and oxygen atoms in total. The van der Waals surface area contributed by atoms with Gasteiger partial charge in [0.05, 0.1) is 12.1 Å². The maximum absolute atomic E-state index is 14.0. The molecule has 2 aromatic carbocycles. The van der Waals surface area contributed by atoms with Gasteiger partial charge in [-0.3, -0.25) is 14.4 Å². The highest BCUT2D eigenvalue weighted by Gasteiger charge is 2.46. The molecule has 3 aliphatic rings. The number of aromatic nitrogens is 1. The van der Waals surface area contributed by atoms with Crippen molar-refractivity contribution in [3.8, 4) is 11.3 Å². The molecule has 2 fully saturated rings. The quantitative estimate of drug-likeness (QED) is 0.218. The molecule has 0 spiro atoms. The SMILES string of the molecule is C=CC1CC1NC(=O)[C@@H]1C[C@@H](NC(=O)c2c(-c3ccccc3)noc2C)CN1C(=O)N[C@H](C(=O)NC1c2ccccc2C[C@H]1O)C(C)(C)C. The summed E-state index contributed by atoms with van der Waals surface area (Å²) >= 11 is 0. The summed E-state index contributed by atoms with van der Waals surface area (Å²) in [5.41, 5.74) is 2.47. The van der Waals surface area contributed by atoms with E-state index in [4.69, 9.17) is 4.52 Å². The fourth-order valence-electron chi connectivity index (χ4n) is 6.89. The minimum absolute atomic E-state index is 0.0312. The van der Waals surface area contributed by atoms with Crippen molar-refractivity contribution in [2.45, 2.75) is 83.3 Å². The number of rotatable bonds is 9. The molecule has 7 atom stereocenters. The molecule has 1 saturated carbocycles. The van der Waals surface area contributed by atoms with Crippen LogP contribution in [0.3, 0.4) is 0 Å². The first-order chi connectivity index (χ1) is 23.3. The second-order valence-corrected chi connectivity index (χ2v) is 14.4. The summed E-state index contributed by atoms with van der Waals surface area (Å²) in [5.74, 6) is -0.706.